The van der Waals surface area contributed by atoms with Gasteiger partial charge in [0.2, 0.25) is 0 Å². The molecule has 0 bridgehead atoms. The fourth-order valence-corrected chi connectivity index (χ4v) is 6.23. The standard InChI is InChI=1S/C28H43NO3S/c1-8-12-19(5)24(25(30)13-9-2)18-22(10-3)27(31)26-20(6)28(33-21(26)7)29(11-4)23-14-16-32-17-15-23/h8,12,22-23H,9-11,13-18H2,1-7H3. The minimum atomic E-state index is -0.181. The number of Topliss-reactive ketones (excluding diaryl/α,β-unsaturated/α-hetero) is 2. The van der Waals surface area contributed by atoms with Crippen LogP contribution in [0.1, 0.15) is 93.9 Å². The highest BCUT2D eigenvalue weighted by Crippen LogP contribution is 2.39. The van der Waals surface area contributed by atoms with Gasteiger partial charge in [-0.3, -0.25) is 9.59 Å². The highest BCUT2D eigenvalue weighted by molar-refractivity contribution is 7.16. The Bertz CT molecular complexity index is 874. The first-order chi connectivity index (χ1) is 15.8. The number of hydrogen-bond donors (Lipinski definition) is 0. The summed E-state index contributed by atoms with van der Waals surface area (Å²) in [4.78, 5) is 30.3. The number of aryl methyl sites for hydroxylation is 1. The van der Waals surface area contributed by atoms with Crippen LogP contribution in [0.2, 0.25) is 0 Å². The first-order valence-corrected chi connectivity index (χ1v) is 13.5. The molecule has 1 aromatic rings. The molecule has 1 aliphatic rings. The van der Waals surface area contributed by atoms with E-state index in [1.807, 2.05) is 32.9 Å². The van der Waals surface area contributed by atoms with Crippen LogP contribution >= 0.6 is 11.3 Å². The Balaban J connectivity index is 2.37. The van der Waals surface area contributed by atoms with Gasteiger partial charge in [-0.1, -0.05) is 26.0 Å². The molecule has 0 radical (unpaired) electrons. The second-order valence-corrected chi connectivity index (χ2v) is 10.3. The quantitative estimate of drug-likeness (QED) is 0.182. The van der Waals surface area contributed by atoms with Crippen molar-refractivity contribution < 1.29 is 14.3 Å². The maximum atomic E-state index is 13.8. The molecule has 1 unspecified atom stereocenters. The van der Waals surface area contributed by atoms with Crippen LogP contribution in [-0.4, -0.2) is 37.4 Å². The monoisotopic (exact) mass is 473 g/mol. The van der Waals surface area contributed by atoms with Crippen LogP contribution in [0.3, 0.4) is 0 Å². The zero-order valence-electron chi connectivity index (χ0n) is 21.8. The number of nitrogens with zero attached hydrogens (tertiary/aromatic N) is 1. The molecule has 1 fully saturated rings. The molecule has 1 aromatic heterocycles. The Morgan fingerprint density at radius 2 is 1.85 bits per heavy atom. The molecular weight excluding hydrogens is 430 g/mol. The number of ketones is 2. The van der Waals surface area contributed by atoms with E-state index in [2.05, 4.69) is 32.6 Å². The van der Waals surface area contributed by atoms with Crippen LogP contribution < -0.4 is 4.90 Å². The molecule has 2 rings (SSSR count). The Hall–Kier alpha value is -1.72. The average molecular weight is 474 g/mol. The van der Waals surface area contributed by atoms with Crippen LogP contribution in [0.25, 0.3) is 0 Å². The highest BCUT2D eigenvalue weighted by Gasteiger charge is 2.30. The fraction of sp³-hybridized carbons (Fsp3) is 0.643. The van der Waals surface area contributed by atoms with Crippen molar-refractivity contribution in [2.24, 2.45) is 5.92 Å². The number of carbonyl (C=O) groups excluding carboxylic acids is 2. The zero-order chi connectivity index (χ0) is 24.5. The van der Waals surface area contributed by atoms with Crippen molar-refractivity contribution in [3.63, 3.8) is 0 Å². The van der Waals surface area contributed by atoms with Gasteiger partial charge in [0.1, 0.15) is 0 Å². The first kappa shape index (κ1) is 27.5. The van der Waals surface area contributed by atoms with Crippen molar-refractivity contribution in [2.45, 2.75) is 93.0 Å². The van der Waals surface area contributed by atoms with Gasteiger partial charge in [0.05, 0.1) is 5.00 Å². The smallest absolute Gasteiger partial charge is 0.167 e. The van der Waals surface area contributed by atoms with Crippen LogP contribution in [0, 0.1) is 19.8 Å². The number of ether oxygens (including phenoxy) is 1. The lowest BCUT2D eigenvalue weighted by Gasteiger charge is -2.35. The van der Waals surface area contributed by atoms with Crippen molar-refractivity contribution in [3.8, 4) is 0 Å². The number of hydrogen-bond acceptors (Lipinski definition) is 5. The van der Waals surface area contributed by atoms with E-state index < -0.39 is 0 Å². The number of carbonyl (C=O) groups is 2. The lowest BCUT2D eigenvalue weighted by molar-refractivity contribution is -0.115. The Kier molecular flexibility index (Phi) is 11.0. The van der Waals surface area contributed by atoms with Crippen LogP contribution in [0.5, 0.6) is 0 Å². The summed E-state index contributed by atoms with van der Waals surface area (Å²) in [6.07, 6.45) is 8.62. The maximum Gasteiger partial charge on any atom is 0.167 e. The molecule has 0 amide bonds. The minimum Gasteiger partial charge on any atom is -0.381 e. The molecule has 0 spiro atoms. The molecule has 0 N–H and O–H groups in total. The molecular formula is C28H43NO3S. The third kappa shape index (κ3) is 6.66. The van der Waals surface area contributed by atoms with Crippen molar-refractivity contribution in [3.05, 3.63) is 39.3 Å². The Labute approximate surface area is 205 Å². The van der Waals surface area contributed by atoms with Gasteiger partial charge in [0, 0.05) is 48.6 Å². The van der Waals surface area contributed by atoms with Gasteiger partial charge in [-0.2, -0.15) is 0 Å². The summed E-state index contributed by atoms with van der Waals surface area (Å²) in [5.41, 5.74) is 3.78. The van der Waals surface area contributed by atoms with Gasteiger partial charge in [0.25, 0.3) is 0 Å². The van der Waals surface area contributed by atoms with Crippen LogP contribution in [0.4, 0.5) is 5.00 Å². The first-order valence-electron chi connectivity index (χ1n) is 12.6. The van der Waals surface area contributed by atoms with E-state index in [1.165, 1.54) is 5.00 Å². The molecule has 1 atom stereocenters. The van der Waals surface area contributed by atoms with Crippen molar-refractivity contribution in [2.75, 3.05) is 24.7 Å². The summed E-state index contributed by atoms with van der Waals surface area (Å²) >= 11 is 1.75. The Morgan fingerprint density at radius 3 is 2.39 bits per heavy atom. The van der Waals surface area contributed by atoms with Crippen LogP contribution in [-0.2, 0) is 9.53 Å². The molecule has 4 nitrogen and oxygen atoms in total. The number of allylic oxidation sites excluding steroid dienone is 4. The van der Waals surface area contributed by atoms with Gasteiger partial charge in [-0.25, -0.2) is 0 Å². The van der Waals surface area contributed by atoms with Crippen molar-refractivity contribution in [1.82, 2.24) is 0 Å². The molecule has 2 heterocycles. The van der Waals surface area contributed by atoms with E-state index in [0.29, 0.717) is 18.9 Å². The molecule has 0 aliphatic carbocycles. The molecule has 33 heavy (non-hydrogen) atoms. The fourth-order valence-electron chi connectivity index (χ4n) is 4.94. The molecule has 0 saturated carbocycles. The van der Waals surface area contributed by atoms with E-state index in [9.17, 15) is 9.59 Å². The summed E-state index contributed by atoms with van der Waals surface area (Å²) in [6.45, 7) is 17.0. The van der Waals surface area contributed by atoms with E-state index in [0.717, 1.165) is 72.6 Å². The molecule has 1 saturated heterocycles. The average Bonchev–Trinajstić information content (AvgIpc) is 3.09. The third-order valence-corrected chi connectivity index (χ3v) is 8.04. The Morgan fingerprint density at radius 1 is 1.18 bits per heavy atom. The summed E-state index contributed by atoms with van der Waals surface area (Å²) in [5.74, 6) is 0.183. The van der Waals surface area contributed by atoms with Crippen molar-refractivity contribution in [1.29, 1.82) is 0 Å². The van der Waals surface area contributed by atoms with E-state index in [4.69, 9.17) is 4.74 Å². The largest absolute Gasteiger partial charge is 0.381 e. The predicted octanol–water partition coefficient (Wildman–Crippen LogP) is 7.23. The summed E-state index contributed by atoms with van der Waals surface area (Å²) in [6, 6.07) is 0.468. The van der Waals surface area contributed by atoms with Gasteiger partial charge in [-0.15, -0.1) is 11.3 Å². The predicted molar refractivity (Wildman–Crippen MR) is 141 cm³/mol. The lowest BCUT2D eigenvalue weighted by atomic mass is 9.84. The SMILES string of the molecule is CC=CC(C)=C(CC(CC)C(=O)c1c(C)sc(N(CC)C2CCOCC2)c1C)C(=O)CCC. The van der Waals surface area contributed by atoms with Crippen molar-refractivity contribution >= 4 is 27.9 Å². The summed E-state index contributed by atoms with van der Waals surface area (Å²) in [7, 11) is 0. The van der Waals surface area contributed by atoms with E-state index in [-0.39, 0.29) is 17.5 Å². The number of anilines is 1. The lowest BCUT2D eigenvalue weighted by Crippen LogP contribution is -2.39. The molecule has 5 heteroatoms. The number of rotatable bonds is 12. The third-order valence-electron chi connectivity index (χ3n) is 6.80. The second-order valence-electron chi connectivity index (χ2n) is 9.10. The maximum absolute atomic E-state index is 13.8. The van der Waals surface area contributed by atoms with Gasteiger partial charge < -0.3 is 9.64 Å². The topological polar surface area (TPSA) is 46.6 Å². The van der Waals surface area contributed by atoms with Gasteiger partial charge >= 0.3 is 0 Å². The molecule has 1 aliphatic heterocycles. The molecule has 0 aromatic carbocycles. The normalized spacial score (nSPS) is 16.7. The second kappa shape index (κ2) is 13.2. The number of thiophene rings is 1. The van der Waals surface area contributed by atoms with Gasteiger partial charge in [-0.05, 0) is 83.4 Å². The summed E-state index contributed by atoms with van der Waals surface area (Å²) in [5, 5.41) is 1.23. The zero-order valence-corrected chi connectivity index (χ0v) is 22.6. The minimum absolute atomic E-state index is 0.176. The summed E-state index contributed by atoms with van der Waals surface area (Å²) < 4.78 is 5.57. The van der Waals surface area contributed by atoms with Crippen LogP contribution in [0.15, 0.2) is 23.3 Å². The molecule has 184 valence electrons. The highest BCUT2D eigenvalue weighted by atomic mass is 32.1. The van der Waals surface area contributed by atoms with E-state index in [1.54, 1.807) is 11.3 Å². The van der Waals surface area contributed by atoms with Gasteiger partial charge in [0.15, 0.2) is 11.6 Å². The van der Waals surface area contributed by atoms with E-state index >= 15 is 0 Å².